The minimum atomic E-state index is -0.740. The largest absolute Gasteiger partial charge is 0.481 e. The maximum absolute atomic E-state index is 13.1. The minimum absolute atomic E-state index is 0.100. The topological polar surface area (TPSA) is 101 Å². The van der Waals surface area contributed by atoms with Crippen LogP contribution in [-0.2, 0) is 14.4 Å². The van der Waals surface area contributed by atoms with Gasteiger partial charge in [0.2, 0.25) is 0 Å². The Morgan fingerprint density at radius 2 is 1.93 bits per heavy atom. The van der Waals surface area contributed by atoms with Crippen molar-refractivity contribution in [1.82, 2.24) is 0 Å². The molecule has 168 valence electrons. The zero-order valence-electron chi connectivity index (χ0n) is 18.6. The molecule has 0 heterocycles. The number of carboxylic acids is 1. The van der Waals surface area contributed by atoms with Gasteiger partial charge >= 0.3 is 5.97 Å². The zero-order valence-corrected chi connectivity index (χ0v) is 18.6. The number of ketones is 1. The highest BCUT2D eigenvalue weighted by molar-refractivity contribution is 5.86. The van der Waals surface area contributed by atoms with Crippen LogP contribution in [0.5, 0.6) is 0 Å². The third-order valence-electron chi connectivity index (χ3n) is 9.40. The molecule has 3 fully saturated rings. The molecule has 6 heteroatoms. The third kappa shape index (κ3) is 3.99. The standard InChI is InChI=1S/C24H37NO5/c1-15(4-7-22(28)29)18-5-6-19-17(10-13-26)20(9-12-23(18,19)2)24(3)11-8-16(25-30)14-21(24)27/h13,15-20H,4-12,14H2,1-3H3,(H,28,29)/t15-,16+,17?,18-,19?,20?,23-,24-/m1/s1. The fourth-order valence-corrected chi connectivity index (χ4v) is 7.68. The van der Waals surface area contributed by atoms with E-state index in [4.69, 9.17) is 5.11 Å². The number of nitrogens with zero attached hydrogens (tertiary/aromatic N) is 1. The van der Waals surface area contributed by atoms with Crippen molar-refractivity contribution < 1.29 is 19.5 Å². The average Bonchev–Trinajstić information content (AvgIpc) is 3.06. The Hall–Kier alpha value is -1.59. The summed E-state index contributed by atoms with van der Waals surface area (Å²) in [5.74, 6) is 0.973. The van der Waals surface area contributed by atoms with Crippen molar-refractivity contribution in [2.45, 2.75) is 91.0 Å². The van der Waals surface area contributed by atoms with E-state index in [1.54, 1.807) is 0 Å². The number of carbonyl (C=O) groups excluding carboxylic acids is 2. The Bertz CT molecular complexity index is 693. The molecule has 1 N–H and O–H groups in total. The van der Waals surface area contributed by atoms with E-state index < -0.39 is 17.4 Å². The van der Waals surface area contributed by atoms with Gasteiger partial charge in [-0.15, -0.1) is 0 Å². The summed E-state index contributed by atoms with van der Waals surface area (Å²) in [4.78, 5) is 46.8. The molecule has 3 aliphatic rings. The van der Waals surface area contributed by atoms with Crippen LogP contribution in [0.3, 0.4) is 0 Å². The minimum Gasteiger partial charge on any atom is -0.481 e. The highest BCUT2D eigenvalue weighted by atomic mass is 16.4. The molecule has 0 amide bonds. The number of rotatable bonds is 8. The van der Waals surface area contributed by atoms with Crippen molar-refractivity contribution in [3.05, 3.63) is 4.91 Å². The lowest BCUT2D eigenvalue weighted by molar-refractivity contribution is -0.142. The smallest absolute Gasteiger partial charge is 0.303 e. The van der Waals surface area contributed by atoms with Crippen LogP contribution in [-0.4, -0.2) is 29.2 Å². The van der Waals surface area contributed by atoms with E-state index in [9.17, 15) is 19.3 Å². The number of carbonyl (C=O) groups is 3. The fourth-order valence-electron chi connectivity index (χ4n) is 7.68. The molecule has 0 aromatic carbocycles. The first-order chi connectivity index (χ1) is 14.2. The lowest BCUT2D eigenvalue weighted by Crippen LogP contribution is -2.51. The lowest BCUT2D eigenvalue weighted by atomic mass is 9.49. The van der Waals surface area contributed by atoms with Gasteiger partial charge in [0, 0.05) is 24.7 Å². The van der Waals surface area contributed by atoms with Crippen LogP contribution in [0.4, 0.5) is 0 Å². The van der Waals surface area contributed by atoms with Crippen molar-refractivity contribution in [2.75, 3.05) is 0 Å². The number of Topliss-reactive ketones (excluding diaryl/α,β-unsaturated/α-hetero) is 1. The van der Waals surface area contributed by atoms with E-state index in [1.807, 2.05) is 0 Å². The molecule has 6 nitrogen and oxygen atoms in total. The molecular weight excluding hydrogens is 382 g/mol. The van der Waals surface area contributed by atoms with Crippen LogP contribution >= 0.6 is 0 Å². The first-order valence-electron chi connectivity index (χ1n) is 11.7. The summed E-state index contributed by atoms with van der Waals surface area (Å²) in [6.45, 7) is 6.59. The summed E-state index contributed by atoms with van der Waals surface area (Å²) < 4.78 is 0. The predicted molar refractivity (Wildman–Crippen MR) is 114 cm³/mol. The van der Waals surface area contributed by atoms with Gasteiger partial charge in [0.05, 0.1) is 6.04 Å². The normalized spacial score (nSPS) is 42.4. The second kappa shape index (κ2) is 8.88. The Morgan fingerprint density at radius 1 is 1.20 bits per heavy atom. The SMILES string of the molecule is C[C@H](CCC(=O)O)[C@H]1CCC2C(CC=O)C([C@@]3(C)CC[C@H](N=O)CC3=O)CC[C@@]21C. The van der Waals surface area contributed by atoms with E-state index >= 15 is 0 Å². The monoisotopic (exact) mass is 419 g/mol. The molecule has 8 atom stereocenters. The van der Waals surface area contributed by atoms with Gasteiger partial charge in [-0.05, 0) is 80.0 Å². The Kier molecular flexibility index (Phi) is 6.83. The summed E-state index contributed by atoms with van der Waals surface area (Å²) in [5, 5.41) is 12.2. The van der Waals surface area contributed by atoms with E-state index in [1.165, 1.54) is 0 Å². The highest BCUT2D eigenvalue weighted by Gasteiger charge is 2.59. The van der Waals surface area contributed by atoms with E-state index in [2.05, 4.69) is 25.9 Å². The van der Waals surface area contributed by atoms with Gasteiger partial charge < -0.3 is 9.90 Å². The number of aliphatic carboxylic acids is 1. The van der Waals surface area contributed by atoms with Crippen LogP contribution in [0.2, 0.25) is 0 Å². The van der Waals surface area contributed by atoms with Crippen molar-refractivity contribution in [3.8, 4) is 0 Å². The molecule has 0 saturated heterocycles. The highest BCUT2D eigenvalue weighted by Crippen LogP contribution is 2.64. The molecule has 3 unspecified atom stereocenters. The van der Waals surface area contributed by atoms with Gasteiger partial charge in [-0.1, -0.05) is 25.9 Å². The van der Waals surface area contributed by atoms with Gasteiger partial charge in [0.1, 0.15) is 12.1 Å². The average molecular weight is 420 g/mol. The van der Waals surface area contributed by atoms with Crippen LogP contribution in [0.15, 0.2) is 5.18 Å². The molecule has 0 spiro atoms. The quantitative estimate of drug-likeness (QED) is 0.439. The number of fused-ring (bicyclic) bond motifs is 1. The fraction of sp³-hybridized carbons (Fsp3) is 0.875. The summed E-state index contributed by atoms with van der Waals surface area (Å²) >= 11 is 0. The van der Waals surface area contributed by atoms with E-state index in [0.29, 0.717) is 43.4 Å². The molecule has 0 aromatic heterocycles. The van der Waals surface area contributed by atoms with Crippen molar-refractivity contribution in [1.29, 1.82) is 0 Å². The second-order valence-electron chi connectivity index (χ2n) is 10.8. The Morgan fingerprint density at radius 3 is 2.53 bits per heavy atom. The lowest BCUT2D eigenvalue weighted by Gasteiger charge is -2.54. The van der Waals surface area contributed by atoms with Crippen molar-refractivity contribution in [3.63, 3.8) is 0 Å². The molecule has 0 bridgehead atoms. The van der Waals surface area contributed by atoms with Crippen LogP contribution in [0, 0.1) is 45.3 Å². The summed E-state index contributed by atoms with van der Waals surface area (Å²) in [6, 6.07) is -0.394. The van der Waals surface area contributed by atoms with E-state index in [-0.39, 0.29) is 35.9 Å². The van der Waals surface area contributed by atoms with Crippen molar-refractivity contribution >= 4 is 18.0 Å². The van der Waals surface area contributed by atoms with Gasteiger partial charge in [0.15, 0.2) is 0 Å². The number of aldehydes is 1. The molecule has 3 aliphatic carbocycles. The van der Waals surface area contributed by atoms with Gasteiger partial charge in [-0.2, -0.15) is 4.91 Å². The molecule has 3 saturated carbocycles. The van der Waals surface area contributed by atoms with Crippen LogP contribution < -0.4 is 0 Å². The van der Waals surface area contributed by atoms with Crippen molar-refractivity contribution in [2.24, 2.45) is 45.6 Å². The summed E-state index contributed by atoms with van der Waals surface area (Å²) in [6.07, 6.45) is 8.07. The number of nitroso groups, excluding NO2 is 1. The first-order valence-corrected chi connectivity index (χ1v) is 11.7. The third-order valence-corrected chi connectivity index (χ3v) is 9.40. The van der Waals surface area contributed by atoms with Crippen LogP contribution in [0.1, 0.15) is 85.0 Å². The maximum atomic E-state index is 13.1. The molecule has 3 rings (SSSR count). The Labute approximate surface area is 179 Å². The number of carboxylic acid groups (broad SMARTS) is 1. The maximum Gasteiger partial charge on any atom is 0.303 e. The van der Waals surface area contributed by atoms with E-state index in [0.717, 1.165) is 32.0 Å². The molecule has 30 heavy (non-hydrogen) atoms. The molecule has 0 aromatic rings. The van der Waals surface area contributed by atoms with Gasteiger partial charge in [-0.3, -0.25) is 9.59 Å². The zero-order chi connectivity index (χ0) is 22.1. The predicted octanol–water partition coefficient (Wildman–Crippen LogP) is 5.03. The summed E-state index contributed by atoms with van der Waals surface area (Å²) in [7, 11) is 0. The van der Waals surface area contributed by atoms with Gasteiger partial charge in [0.25, 0.3) is 0 Å². The van der Waals surface area contributed by atoms with Crippen LogP contribution in [0.25, 0.3) is 0 Å². The first kappa shape index (κ1) is 23.1. The second-order valence-corrected chi connectivity index (χ2v) is 10.8. The molecular formula is C24H37NO5. The Balaban J connectivity index is 1.82. The number of hydrogen-bond acceptors (Lipinski definition) is 5. The molecule has 0 radical (unpaired) electrons. The van der Waals surface area contributed by atoms with Gasteiger partial charge in [-0.25, -0.2) is 0 Å². The summed E-state index contributed by atoms with van der Waals surface area (Å²) in [5.41, 5.74) is -0.369. The number of hydrogen-bond donors (Lipinski definition) is 1. The molecule has 0 aliphatic heterocycles.